The summed E-state index contributed by atoms with van der Waals surface area (Å²) < 4.78 is 48.7. The van der Waals surface area contributed by atoms with E-state index in [0.717, 1.165) is 6.42 Å². The number of nitrogens with zero attached hydrogens (tertiary/aromatic N) is 5. The number of nitrogens with one attached hydrogen (secondary N) is 1. The van der Waals surface area contributed by atoms with E-state index in [2.05, 4.69) is 15.3 Å². The third kappa shape index (κ3) is 4.64. The number of benzene rings is 2. The summed E-state index contributed by atoms with van der Waals surface area (Å²) >= 11 is 6.03. The van der Waals surface area contributed by atoms with Gasteiger partial charge in [-0.3, -0.25) is 4.40 Å². The normalized spacial score (nSPS) is 16.6. The summed E-state index contributed by atoms with van der Waals surface area (Å²) in [6.07, 6.45) is 6.33. The average molecular weight is 553 g/mol. The van der Waals surface area contributed by atoms with Crippen LogP contribution in [0.3, 0.4) is 0 Å². The van der Waals surface area contributed by atoms with Crippen molar-refractivity contribution in [2.45, 2.75) is 23.8 Å². The Morgan fingerprint density at radius 2 is 1.95 bits per heavy atom. The van der Waals surface area contributed by atoms with E-state index in [0.29, 0.717) is 52.4 Å². The standard InChI is InChI=1S/C26H22ClFN6O3S/c27-18-3-1-5-21(15-18)38(35,36)33-12-2-4-20(16-33)30-25-29-11-10-22(31-25)24-23(17-6-8-19(28)9-7-17)32-26-34(24)13-14-37-26/h1,3,5-11,13-15,20H,2,4,12,16H2,(H,29,30,31)/t20-/m1/s1. The van der Waals surface area contributed by atoms with Crippen molar-refractivity contribution >= 4 is 33.4 Å². The molecule has 1 saturated heterocycles. The molecule has 12 heteroatoms. The number of sulfonamides is 1. The highest BCUT2D eigenvalue weighted by atomic mass is 35.5. The minimum Gasteiger partial charge on any atom is -0.432 e. The van der Waals surface area contributed by atoms with Crippen LogP contribution in [0.5, 0.6) is 0 Å². The van der Waals surface area contributed by atoms with E-state index >= 15 is 0 Å². The number of hydrogen-bond acceptors (Lipinski definition) is 7. The lowest BCUT2D eigenvalue weighted by molar-refractivity contribution is 0.326. The quantitative estimate of drug-likeness (QED) is 0.312. The van der Waals surface area contributed by atoms with Crippen molar-refractivity contribution in [2.24, 2.45) is 0 Å². The van der Waals surface area contributed by atoms with Crippen molar-refractivity contribution < 1.29 is 17.2 Å². The van der Waals surface area contributed by atoms with Gasteiger partial charge in [0.15, 0.2) is 0 Å². The SMILES string of the molecule is O=S(=O)(c1cccc(Cl)c1)N1CCC[C@@H](Nc2nccc(-c3c(-c4ccc(F)cc4)nc4occn34)n2)C1. The summed E-state index contributed by atoms with van der Waals surface area (Å²) in [6, 6.07) is 13.9. The van der Waals surface area contributed by atoms with Crippen LogP contribution in [0.1, 0.15) is 12.8 Å². The van der Waals surface area contributed by atoms with Crippen LogP contribution in [0.4, 0.5) is 10.3 Å². The van der Waals surface area contributed by atoms with Crippen molar-refractivity contribution in [3.63, 3.8) is 0 Å². The number of halogens is 2. The number of oxazole rings is 1. The largest absolute Gasteiger partial charge is 0.432 e. The molecular weight excluding hydrogens is 531 g/mol. The zero-order valence-corrected chi connectivity index (χ0v) is 21.5. The highest BCUT2D eigenvalue weighted by molar-refractivity contribution is 7.89. The van der Waals surface area contributed by atoms with Gasteiger partial charge in [0.2, 0.25) is 16.0 Å². The van der Waals surface area contributed by atoms with Gasteiger partial charge >= 0.3 is 5.84 Å². The molecule has 3 aromatic heterocycles. The second kappa shape index (κ2) is 9.82. The van der Waals surface area contributed by atoms with Gasteiger partial charge in [0.1, 0.15) is 23.5 Å². The van der Waals surface area contributed by atoms with Crippen LogP contribution in [-0.2, 0) is 10.0 Å². The zero-order valence-electron chi connectivity index (χ0n) is 20.0. The van der Waals surface area contributed by atoms with Crippen LogP contribution in [0.2, 0.25) is 5.02 Å². The maximum Gasteiger partial charge on any atom is 0.306 e. The fraction of sp³-hybridized carbons (Fsp3) is 0.192. The van der Waals surface area contributed by atoms with E-state index < -0.39 is 10.0 Å². The van der Waals surface area contributed by atoms with Gasteiger partial charge in [-0.25, -0.2) is 22.8 Å². The van der Waals surface area contributed by atoms with Gasteiger partial charge in [0, 0.05) is 42.1 Å². The molecule has 0 unspecified atom stereocenters. The predicted octanol–water partition coefficient (Wildman–Crippen LogP) is 5.11. The van der Waals surface area contributed by atoms with Gasteiger partial charge in [-0.15, -0.1) is 0 Å². The molecule has 194 valence electrons. The third-order valence-corrected chi connectivity index (χ3v) is 8.53. The molecule has 0 amide bonds. The van der Waals surface area contributed by atoms with E-state index in [4.69, 9.17) is 21.0 Å². The Kier molecular flexibility index (Phi) is 6.34. The minimum atomic E-state index is -3.69. The van der Waals surface area contributed by atoms with Crippen LogP contribution < -0.4 is 5.32 Å². The fourth-order valence-electron chi connectivity index (χ4n) is 4.64. The molecule has 6 rings (SSSR count). The molecule has 1 aliphatic heterocycles. The predicted molar refractivity (Wildman–Crippen MR) is 141 cm³/mol. The van der Waals surface area contributed by atoms with Crippen molar-refractivity contribution in [3.05, 3.63) is 84.1 Å². The maximum absolute atomic E-state index is 13.5. The van der Waals surface area contributed by atoms with E-state index in [-0.39, 0.29) is 23.3 Å². The highest BCUT2D eigenvalue weighted by Crippen LogP contribution is 2.33. The molecular formula is C26H22ClFN6O3S. The van der Waals surface area contributed by atoms with Crippen LogP contribution in [0.15, 0.2) is 82.6 Å². The Balaban J connectivity index is 1.28. The molecule has 5 aromatic rings. The fourth-order valence-corrected chi connectivity index (χ4v) is 6.46. The van der Waals surface area contributed by atoms with Crippen LogP contribution >= 0.6 is 11.6 Å². The zero-order chi connectivity index (χ0) is 26.3. The van der Waals surface area contributed by atoms with E-state index in [1.165, 1.54) is 28.8 Å². The van der Waals surface area contributed by atoms with Crippen LogP contribution in [0, 0.1) is 5.82 Å². The highest BCUT2D eigenvalue weighted by Gasteiger charge is 2.31. The lowest BCUT2D eigenvalue weighted by Gasteiger charge is -2.32. The summed E-state index contributed by atoms with van der Waals surface area (Å²) in [6.45, 7) is 0.686. The number of fused-ring (bicyclic) bond motifs is 1. The Hall–Kier alpha value is -3.80. The molecule has 1 aliphatic rings. The molecule has 0 radical (unpaired) electrons. The van der Waals surface area contributed by atoms with Crippen molar-refractivity contribution in [3.8, 4) is 22.6 Å². The monoisotopic (exact) mass is 552 g/mol. The molecule has 2 aromatic carbocycles. The number of hydrogen-bond donors (Lipinski definition) is 1. The summed E-state index contributed by atoms with van der Waals surface area (Å²) in [5, 5.41) is 3.67. The topological polar surface area (TPSA) is 106 Å². The lowest BCUT2D eigenvalue weighted by atomic mass is 10.1. The van der Waals surface area contributed by atoms with Gasteiger partial charge in [-0.1, -0.05) is 17.7 Å². The first kappa shape index (κ1) is 24.5. The van der Waals surface area contributed by atoms with Gasteiger partial charge in [0.05, 0.1) is 10.6 Å². The Morgan fingerprint density at radius 3 is 2.76 bits per heavy atom. The minimum absolute atomic E-state index is 0.169. The molecule has 1 atom stereocenters. The summed E-state index contributed by atoms with van der Waals surface area (Å²) in [7, 11) is -3.69. The summed E-state index contributed by atoms with van der Waals surface area (Å²) in [5.41, 5.74) is 2.54. The Bertz CT molecular complexity index is 1720. The van der Waals surface area contributed by atoms with E-state index in [1.807, 2.05) is 0 Å². The first-order valence-corrected chi connectivity index (χ1v) is 13.8. The third-order valence-electron chi connectivity index (χ3n) is 6.43. The molecule has 0 bridgehead atoms. The molecule has 1 fully saturated rings. The number of imidazole rings is 1. The smallest absolute Gasteiger partial charge is 0.306 e. The first-order chi connectivity index (χ1) is 18.4. The van der Waals surface area contributed by atoms with Crippen molar-refractivity contribution in [1.82, 2.24) is 23.7 Å². The Morgan fingerprint density at radius 1 is 1.11 bits per heavy atom. The molecule has 0 aliphatic carbocycles. The number of aromatic nitrogens is 4. The second-order valence-corrected chi connectivity index (χ2v) is 11.3. The Labute approximate surface area is 223 Å². The van der Waals surface area contributed by atoms with E-state index in [1.54, 1.807) is 53.2 Å². The number of piperidine rings is 1. The van der Waals surface area contributed by atoms with Gasteiger partial charge in [-0.2, -0.15) is 9.29 Å². The van der Waals surface area contributed by atoms with Crippen molar-refractivity contribution in [1.29, 1.82) is 0 Å². The number of rotatable bonds is 6. The molecule has 0 saturated carbocycles. The van der Waals surface area contributed by atoms with Crippen molar-refractivity contribution in [2.75, 3.05) is 18.4 Å². The maximum atomic E-state index is 13.5. The molecule has 9 nitrogen and oxygen atoms in total. The average Bonchev–Trinajstić information content (AvgIpc) is 3.51. The molecule has 0 spiro atoms. The summed E-state index contributed by atoms with van der Waals surface area (Å²) in [4.78, 5) is 13.8. The first-order valence-electron chi connectivity index (χ1n) is 12.0. The molecule has 1 N–H and O–H groups in total. The molecule has 38 heavy (non-hydrogen) atoms. The van der Waals surface area contributed by atoms with Gasteiger partial charge in [0.25, 0.3) is 0 Å². The number of anilines is 1. The summed E-state index contributed by atoms with van der Waals surface area (Å²) in [5.74, 6) is 0.394. The molecule has 4 heterocycles. The lowest BCUT2D eigenvalue weighted by Crippen LogP contribution is -2.45. The van der Waals surface area contributed by atoms with Crippen LogP contribution in [-0.4, -0.2) is 51.2 Å². The van der Waals surface area contributed by atoms with Crippen LogP contribution in [0.25, 0.3) is 28.5 Å². The van der Waals surface area contributed by atoms with E-state index in [9.17, 15) is 12.8 Å². The van der Waals surface area contributed by atoms with Gasteiger partial charge < -0.3 is 9.73 Å². The second-order valence-electron chi connectivity index (χ2n) is 8.94. The van der Waals surface area contributed by atoms with Gasteiger partial charge in [-0.05, 0) is 61.4 Å².